The number of aromatic nitrogens is 1. The molecule has 0 aliphatic rings. The lowest BCUT2D eigenvalue weighted by Crippen LogP contribution is -2.18. The maximum Gasteiger partial charge on any atom is 0.259 e. The van der Waals surface area contributed by atoms with Crippen LogP contribution < -0.4 is 10.6 Å². The Bertz CT molecular complexity index is 1220. The summed E-state index contributed by atoms with van der Waals surface area (Å²) in [5.74, 6) is -1.23. The molecule has 7 heteroatoms. The molecule has 144 valence electrons. The quantitative estimate of drug-likeness (QED) is 0.487. The first-order valence-electron chi connectivity index (χ1n) is 8.84. The van der Waals surface area contributed by atoms with E-state index in [1.54, 1.807) is 24.3 Å². The molecule has 0 aliphatic carbocycles. The van der Waals surface area contributed by atoms with Crippen LogP contribution in [0.3, 0.4) is 0 Å². The van der Waals surface area contributed by atoms with E-state index in [-0.39, 0.29) is 5.91 Å². The van der Waals surface area contributed by atoms with Gasteiger partial charge in [0.05, 0.1) is 21.5 Å². The number of hydrogen-bond acceptors (Lipinski definition) is 4. The summed E-state index contributed by atoms with van der Waals surface area (Å²) >= 11 is 1.39. The fraction of sp³-hybridized carbons (Fsp3) is 0.0455. The number of nitrogens with zero attached hydrogens (tertiary/aromatic N) is 1. The molecule has 2 N–H and O–H groups in total. The number of carbonyl (C=O) groups excluding carboxylic acids is 2. The van der Waals surface area contributed by atoms with Crippen LogP contribution in [0.5, 0.6) is 0 Å². The first-order chi connectivity index (χ1) is 14.0. The average Bonchev–Trinajstić information content (AvgIpc) is 3.10. The number of carbonyl (C=O) groups is 2. The zero-order valence-electron chi connectivity index (χ0n) is 15.4. The second-order valence-corrected chi connectivity index (χ2v) is 7.48. The molecule has 1 aromatic heterocycles. The van der Waals surface area contributed by atoms with Crippen molar-refractivity contribution in [2.75, 3.05) is 10.6 Å². The largest absolute Gasteiger partial charge is 0.321 e. The van der Waals surface area contributed by atoms with Gasteiger partial charge < -0.3 is 5.32 Å². The molecule has 0 atom stereocenters. The fourth-order valence-electron chi connectivity index (χ4n) is 2.84. The molecule has 0 unspecified atom stereocenters. The van der Waals surface area contributed by atoms with E-state index in [2.05, 4.69) is 15.6 Å². The summed E-state index contributed by atoms with van der Waals surface area (Å²) in [6, 6.07) is 17.8. The van der Waals surface area contributed by atoms with Gasteiger partial charge in [-0.25, -0.2) is 9.37 Å². The van der Waals surface area contributed by atoms with Crippen LogP contribution in [0.2, 0.25) is 0 Å². The summed E-state index contributed by atoms with van der Waals surface area (Å²) in [5.41, 5.74) is 2.89. The minimum absolute atomic E-state index is 0.295. The molecule has 29 heavy (non-hydrogen) atoms. The van der Waals surface area contributed by atoms with Crippen LogP contribution in [0.1, 0.15) is 26.3 Å². The lowest BCUT2D eigenvalue weighted by molar-refractivity contribution is 0.102. The van der Waals surface area contributed by atoms with E-state index in [0.29, 0.717) is 21.9 Å². The standard InChI is InChI=1S/C22H16FN3O2S/c1-13-6-11-18-19(12-13)29-22(25-18)26-21(28)16-4-2-3-5-17(16)24-20(27)14-7-9-15(23)10-8-14/h2-12H,1H3,(H,24,27)(H,25,26,28). The molecular weight excluding hydrogens is 389 g/mol. The Kier molecular flexibility index (Phi) is 5.05. The molecule has 5 nitrogen and oxygen atoms in total. The average molecular weight is 405 g/mol. The normalized spacial score (nSPS) is 10.7. The van der Waals surface area contributed by atoms with Crippen molar-refractivity contribution >= 4 is 44.2 Å². The Morgan fingerprint density at radius 3 is 2.48 bits per heavy atom. The van der Waals surface area contributed by atoms with Crippen LogP contribution in [-0.4, -0.2) is 16.8 Å². The van der Waals surface area contributed by atoms with Gasteiger partial charge in [0, 0.05) is 5.56 Å². The second kappa shape index (κ2) is 7.81. The highest BCUT2D eigenvalue weighted by Gasteiger charge is 2.16. The molecule has 4 rings (SSSR count). The van der Waals surface area contributed by atoms with Gasteiger partial charge in [0.1, 0.15) is 5.82 Å². The van der Waals surface area contributed by atoms with E-state index < -0.39 is 11.7 Å². The van der Waals surface area contributed by atoms with Crippen LogP contribution >= 0.6 is 11.3 Å². The van der Waals surface area contributed by atoms with Crippen LogP contribution in [0.4, 0.5) is 15.2 Å². The molecule has 0 fully saturated rings. The van der Waals surface area contributed by atoms with Gasteiger partial charge in [-0.2, -0.15) is 0 Å². The molecule has 2 amide bonds. The molecule has 0 bridgehead atoms. The Balaban J connectivity index is 1.55. The van der Waals surface area contributed by atoms with E-state index in [4.69, 9.17) is 0 Å². The highest BCUT2D eigenvalue weighted by Crippen LogP contribution is 2.27. The number of thiazole rings is 1. The Morgan fingerprint density at radius 2 is 1.69 bits per heavy atom. The van der Waals surface area contributed by atoms with Gasteiger partial charge in [0.25, 0.3) is 11.8 Å². The monoisotopic (exact) mass is 405 g/mol. The maximum absolute atomic E-state index is 13.1. The number of amides is 2. The zero-order chi connectivity index (χ0) is 20.4. The maximum atomic E-state index is 13.1. The number of hydrogen-bond donors (Lipinski definition) is 2. The van der Waals surface area contributed by atoms with Gasteiger partial charge in [-0.3, -0.25) is 14.9 Å². The smallest absolute Gasteiger partial charge is 0.259 e. The summed E-state index contributed by atoms with van der Waals surface area (Å²) in [6.45, 7) is 2.00. The minimum atomic E-state index is -0.430. The summed E-state index contributed by atoms with van der Waals surface area (Å²) < 4.78 is 14.0. The molecular formula is C22H16FN3O2S. The summed E-state index contributed by atoms with van der Waals surface area (Å²) in [7, 11) is 0. The molecule has 3 aromatic carbocycles. The predicted molar refractivity (Wildman–Crippen MR) is 113 cm³/mol. The summed E-state index contributed by atoms with van der Waals surface area (Å²) in [4.78, 5) is 29.7. The molecule has 0 saturated heterocycles. The molecule has 0 spiro atoms. The van der Waals surface area contributed by atoms with E-state index in [9.17, 15) is 14.0 Å². The molecule has 4 aromatic rings. The van der Waals surface area contributed by atoms with Gasteiger partial charge in [-0.15, -0.1) is 0 Å². The van der Waals surface area contributed by atoms with Crippen molar-refractivity contribution in [2.45, 2.75) is 6.92 Å². The zero-order valence-corrected chi connectivity index (χ0v) is 16.2. The molecule has 0 aliphatic heterocycles. The third-order valence-corrected chi connectivity index (χ3v) is 5.22. The number of benzene rings is 3. The van der Waals surface area contributed by atoms with Crippen molar-refractivity contribution in [1.82, 2.24) is 4.98 Å². The van der Waals surface area contributed by atoms with Gasteiger partial charge in [0.15, 0.2) is 5.13 Å². The number of nitrogens with one attached hydrogen (secondary N) is 2. The third kappa shape index (κ3) is 4.14. The number of para-hydroxylation sites is 1. The topological polar surface area (TPSA) is 71.1 Å². The fourth-order valence-corrected chi connectivity index (χ4v) is 3.79. The van der Waals surface area contributed by atoms with Crippen LogP contribution in [-0.2, 0) is 0 Å². The van der Waals surface area contributed by atoms with Gasteiger partial charge >= 0.3 is 0 Å². The van der Waals surface area contributed by atoms with Crippen LogP contribution in [0.25, 0.3) is 10.2 Å². The third-order valence-electron chi connectivity index (χ3n) is 4.29. The van der Waals surface area contributed by atoms with Crippen molar-refractivity contribution in [3.63, 3.8) is 0 Å². The van der Waals surface area contributed by atoms with E-state index in [1.807, 2.05) is 25.1 Å². The highest BCUT2D eigenvalue weighted by atomic mass is 32.1. The minimum Gasteiger partial charge on any atom is -0.321 e. The summed E-state index contributed by atoms with van der Waals surface area (Å²) in [5, 5.41) is 5.99. The number of anilines is 2. The van der Waals surface area contributed by atoms with Crippen molar-refractivity contribution < 1.29 is 14.0 Å². The van der Waals surface area contributed by atoms with E-state index >= 15 is 0 Å². The van der Waals surface area contributed by atoms with Crippen molar-refractivity contribution in [1.29, 1.82) is 0 Å². The SMILES string of the molecule is Cc1ccc2nc(NC(=O)c3ccccc3NC(=O)c3ccc(F)cc3)sc2c1. The molecule has 0 radical (unpaired) electrons. The Hall–Kier alpha value is -3.58. The first kappa shape index (κ1) is 18.8. The van der Waals surface area contributed by atoms with Gasteiger partial charge in [-0.1, -0.05) is 29.5 Å². The molecule has 1 heterocycles. The Labute approximate surface area is 170 Å². The number of rotatable bonds is 4. The molecule has 0 saturated carbocycles. The van der Waals surface area contributed by atoms with Crippen molar-refractivity contribution in [2.24, 2.45) is 0 Å². The van der Waals surface area contributed by atoms with Gasteiger partial charge in [-0.05, 0) is 61.0 Å². The number of halogens is 1. The van der Waals surface area contributed by atoms with E-state index in [0.717, 1.165) is 15.8 Å². The van der Waals surface area contributed by atoms with E-state index in [1.165, 1.54) is 35.6 Å². The van der Waals surface area contributed by atoms with Crippen molar-refractivity contribution in [3.8, 4) is 0 Å². The predicted octanol–water partition coefficient (Wildman–Crippen LogP) is 5.25. The first-order valence-corrected chi connectivity index (χ1v) is 9.66. The van der Waals surface area contributed by atoms with Crippen molar-refractivity contribution in [3.05, 3.63) is 89.2 Å². The highest BCUT2D eigenvalue weighted by molar-refractivity contribution is 7.22. The number of fused-ring (bicyclic) bond motifs is 1. The number of aryl methyl sites for hydroxylation is 1. The van der Waals surface area contributed by atoms with Gasteiger partial charge in [0.2, 0.25) is 0 Å². The lowest BCUT2D eigenvalue weighted by Gasteiger charge is -2.10. The van der Waals surface area contributed by atoms with Crippen LogP contribution in [0.15, 0.2) is 66.7 Å². The second-order valence-electron chi connectivity index (χ2n) is 6.45. The Morgan fingerprint density at radius 1 is 0.931 bits per heavy atom. The summed E-state index contributed by atoms with van der Waals surface area (Å²) in [6.07, 6.45) is 0. The lowest BCUT2D eigenvalue weighted by atomic mass is 10.1. The van der Waals surface area contributed by atoms with Crippen LogP contribution in [0, 0.1) is 12.7 Å².